The van der Waals surface area contributed by atoms with E-state index in [0.717, 1.165) is 36.6 Å². The molecular weight excluding hydrogens is 292 g/mol. The van der Waals surface area contributed by atoms with Gasteiger partial charge in [-0.05, 0) is 32.4 Å². The highest BCUT2D eigenvalue weighted by molar-refractivity contribution is 7.99. The molecule has 2 rings (SSSR count). The van der Waals surface area contributed by atoms with Crippen LogP contribution in [-0.2, 0) is 16.0 Å². The summed E-state index contributed by atoms with van der Waals surface area (Å²) in [6, 6.07) is 0. The summed E-state index contributed by atoms with van der Waals surface area (Å²) in [4.78, 5) is 17.9. The van der Waals surface area contributed by atoms with E-state index in [-0.39, 0.29) is 11.9 Å². The molecule has 1 heterocycles. The van der Waals surface area contributed by atoms with E-state index in [1.807, 2.05) is 18.7 Å². The number of nitrogens with zero attached hydrogens (tertiary/aromatic N) is 1. The molecule has 0 saturated heterocycles. The Bertz CT molecular complexity index is 462. The fourth-order valence-corrected chi connectivity index (χ4v) is 3.60. The number of carbonyl (C=O) groups excluding carboxylic acids is 1. The quantitative estimate of drug-likeness (QED) is 0.817. The second-order valence-corrected chi connectivity index (χ2v) is 7.31. The van der Waals surface area contributed by atoms with Crippen LogP contribution >= 0.6 is 23.1 Å². The molecule has 2 unspecified atom stereocenters. The fraction of sp³-hybridized carbons (Fsp3) is 0.714. The molecule has 0 aromatic carbocycles. The number of carbonyl (C=O) groups is 1. The fourth-order valence-electron chi connectivity index (χ4n) is 2.28. The molecule has 0 amide bonds. The zero-order chi connectivity index (χ0) is 14.5. The van der Waals surface area contributed by atoms with Gasteiger partial charge in [0.2, 0.25) is 0 Å². The lowest BCUT2D eigenvalue weighted by Crippen LogP contribution is -2.20. The van der Waals surface area contributed by atoms with Gasteiger partial charge in [-0.15, -0.1) is 11.3 Å². The normalized spacial score (nSPS) is 19.2. The Balaban J connectivity index is 2.08. The van der Waals surface area contributed by atoms with Gasteiger partial charge >= 0.3 is 5.97 Å². The summed E-state index contributed by atoms with van der Waals surface area (Å²) in [7, 11) is 0. The number of fused-ring (bicyclic) bond motifs is 1. The van der Waals surface area contributed by atoms with Gasteiger partial charge in [0.1, 0.15) is 5.92 Å². The lowest BCUT2D eigenvalue weighted by molar-refractivity contribution is -0.145. The average Bonchev–Trinajstić information content (AvgIpc) is 2.87. The highest BCUT2D eigenvalue weighted by atomic mass is 32.2. The minimum atomic E-state index is -0.163. The molecule has 0 aliphatic heterocycles. The second-order valence-electron chi connectivity index (χ2n) is 4.95. The van der Waals surface area contributed by atoms with Gasteiger partial charge < -0.3 is 10.1 Å². The third kappa shape index (κ3) is 3.67. The molecule has 1 aromatic rings. The minimum Gasteiger partial charge on any atom is -0.465 e. The van der Waals surface area contributed by atoms with E-state index in [4.69, 9.17) is 4.74 Å². The van der Waals surface area contributed by atoms with Crippen LogP contribution in [0.25, 0.3) is 0 Å². The van der Waals surface area contributed by atoms with E-state index < -0.39 is 0 Å². The van der Waals surface area contributed by atoms with Crippen molar-refractivity contribution in [2.24, 2.45) is 0 Å². The van der Waals surface area contributed by atoms with Crippen LogP contribution in [-0.4, -0.2) is 35.6 Å². The van der Waals surface area contributed by atoms with Crippen molar-refractivity contribution < 1.29 is 9.53 Å². The number of aromatic nitrogens is 1. The van der Waals surface area contributed by atoms with Gasteiger partial charge in [-0.2, -0.15) is 11.8 Å². The number of aryl methyl sites for hydroxylation is 1. The molecule has 1 aromatic heterocycles. The standard InChI is InChI=1S/C14H22N2O2S2/c1-4-18-13(17)10-6-5-7-11-12(10)16-14(20-11)15-8-9(2)19-3/h9-10H,4-8H2,1-3H3,(H,15,16). The molecule has 1 aliphatic rings. The lowest BCUT2D eigenvalue weighted by atomic mass is 9.91. The van der Waals surface area contributed by atoms with Crippen molar-refractivity contribution in [3.63, 3.8) is 0 Å². The topological polar surface area (TPSA) is 51.2 Å². The number of hydrogen-bond donors (Lipinski definition) is 1. The van der Waals surface area contributed by atoms with Gasteiger partial charge in [0.15, 0.2) is 5.13 Å². The molecule has 0 spiro atoms. The maximum Gasteiger partial charge on any atom is 0.315 e. The zero-order valence-corrected chi connectivity index (χ0v) is 13.9. The Kier molecular flexibility index (Phi) is 5.72. The van der Waals surface area contributed by atoms with Crippen molar-refractivity contribution in [3.05, 3.63) is 10.6 Å². The Hall–Kier alpha value is -0.750. The van der Waals surface area contributed by atoms with Crippen molar-refractivity contribution in [1.29, 1.82) is 0 Å². The number of thiazole rings is 1. The largest absolute Gasteiger partial charge is 0.465 e. The zero-order valence-electron chi connectivity index (χ0n) is 12.3. The van der Waals surface area contributed by atoms with Gasteiger partial charge in [-0.1, -0.05) is 6.92 Å². The monoisotopic (exact) mass is 314 g/mol. The number of ether oxygens (including phenoxy) is 1. The first-order chi connectivity index (χ1) is 9.65. The van der Waals surface area contributed by atoms with Crippen molar-refractivity contribution in [2.45, 2.75) is 44.3 Å². The first kappa shape index (κ1) is 15.6. The summed E-state index contributed by atoms with van der Waals surface area (Å²) in [5.41, 5.74) is 0.944. The minimum absolute atomic E-state index is 0.122. The molecule has 20 heavy (non-hydrogen) atoms. The number of esters is 1. The van der Waals surface area contributed by atoms with Crippen LogP contribution in [0, 0.1) is 0 Å². The lowest BCUT2D eigenvalue weighted by Gasteiger charge is -2.19. The van der Waals surface area contributed by atoms with Crippen LogP contribution in [0.3, 0.4) is 0 Å². The highest BCUT2D eigenvalue weighted by Crippen LogP contribution is 2.37. The van der Waals surface area contributed by atoms with Crippen molar-refractivity contribution in [1.82, 2.24) is 4.98 Å². The molecule has 1 aliphatic carbocycles. The molecule has 0 radical (unpaired) electrons. The van der Waals surface area contributed by atoms with E-state index in [1.165, 1.54) is 4.88 Å². The molecule has 0 saturated carbocycles. The third-order valence-corrected chi connectivity index (χ3v) is 5.53. The van der Waals surface area contributed by atoms with Crippen molar-refractivity contribution in [2.75, 3.05) is 24.7 Å². The first-order valence-corrected chi connectivity index (χ1v) is 9.19. The van der Waals surface area contributed by atoms with Gasteiger partial charge in [-0.25, -0.2) is 4.98 Å². The number of rotatable bonds is 6. The predicted molar refractivity (Wildman–Crippen MR) is 85.9 cm³/mol. The summed E-state index contributed by atoms with van der Waals surface area (Å²) in [5, 5.41) is 4.87. The summed E-state index contributed by atoms with van der Waals surface area (Å²) < 4.78 is 5.17. The molecule has 6 heteroatoms. The maximum atomic E-state index is 12.0. The van der Waals surface area contributed by atoms with Crippen LogP contribution in [0.5, 0.6) is 0 Å². The second kappa shape index (κ2) is 7.31. The van der Waals surface area contributed by atoms with Gasteiger partial charge in [0, 0.05) is 16.7 Å². The average molecular weight is 314 g/mol. The Morgan fingerprint density at radius 2 is 2.45 bits per heavy atom. The van der Waals surface area contributed by atoms with Crippen LogP contribution in [0.1, 0.15) is 43.2 Å². The SMILES string of the molecule is CCOC(=O)C1CCCc2sc(NCC(C)SC)nc21. The number of hydrogen-bond acceptors (Lipinski definition) is 6. The molecule has 2 atom stereocenters. The smallest absolute Gasteiger partial charge is 0.315 e. The van der Waals surface area contributed by atoms with E-state index in [0.29, 0.717) is 11.9 Å². The van der Waals surface area contributed by atoms with Crippen LogP contribution in [0.15, 0.2) is 0 Å². The van der Waals surface area contributed by atoms with Gasteiger partial charge in [-0.3, -0.25) is 4.79 Å². The highest BCUT2D eigenvalue weighted by Gasteiger charge is 2.31. The Morgan fingerprint density at radius 1 is 1.65 bits per heavy atom. The number of thioether (sulfide) groups is 1. The molecule has 0 fully saturated rings. The molecule has 112 valence electrons. The maximum absolute atomic E-state index is 12.0. The number of anilines is 1. The molecule has 0 bridgehead atoms. The van der Waals surface area contributed by atoms with Crippen molar-refractivity contribution in [3.8, 4) is 0 Å². The first-order valence-electron chi connectivity index (χ1n) is 7.08. The van der Waals surface area contributed by atoms with Crippen molar-refractivity contribution >= 4 is 34.2 Å². The third-order valence-electron chi connectivity index (χ3n) is 3.47. The van der Waals surface area contributed by atoms with E-state index in [9.17, 15) is 4.79 Å². The van der Waals surface area contributed by atoms with Crippen LogP contribution < -0.4 is 5.32 Å². The van der Waals surface area contributed by atoms with E-state index >= 15 is 0 Å². The molecule has 4 nitrogen and oxygen atoms in total. The van der Waals surface area contributed by atoms with E-state index in [1.54, 1.807) is 11.3 Å². The molecular formula is C14H22N2O2S2. The summed E-state index contributed by atoms with van der Waals surface area (Å²) in [5.74, 6) is -0.286. The summed E-state index contributed by atoms with van der Waals surface area (Å²) in [6.07, 6.45) is 5.04. The van der Waals surface area contributed by atoms with Crippen LogP contribution in [0.4, 0.5) is 5.13 Å². The molecule has 1 N–H and O–H groups in total. The van der Waals surface area contributed by atoms with Crippen LogP contribution in [0.2, 0.25) is 0 Å². The van der Waals surface area contributed by atoms with Gasteiger partial charge in [0.25, 0.3) is 0 Å². The summed E-state index contributed by atoms with van der Waals surface area (Å²) >= 11 is 3.52. The Labute approximate surface area is 128 Å². The van der Waals surface area contributed by atoms with E-state index in [2.05, 4.69) is 23.5 Å². The van der Waals surface area contributed by atoms with Gasteiger partial charge in [0.05, 0.1) is 12.3 Å². The number of nitrogens with one attached hydrogen (secondary N) is 1. The predicted octanol–water partition coefficient (Wildman–Crippen LogP) is 3.29. The summed E-state index contributed by atoms with van der Waals surface area (Å²) in [6.45, 7) is 5.37. The Morgan fingerprint density at radius 3 is 3.15 bits per heavy atom.